The van der Waals surface area contributed by atoms with Crippen molar-refractivity contribution in [3.05, 3.63) is 30.1 Å². The molecule has 2 N–H and O–H groups in total. The van der Waals surface area contributed by atoms with Crippen LogP contribution < -0.4 is 10.6 Å². The van der Waals surface area contributed by atoms with Crippen LogP contribution in [-0.2, 0) is 0 Å². The zero-order chi connectivity index (χ0) is 13.4. The summed E-state index contributed by atoms with van der Waals surface area (Å²) in [5, 5.41) is 4.13. The zero-order valence-corrected chi connectivity index (χ0v) is 10.9. The molecular formula is C13H17N5O. The van der Waals surface area contributed by atoms with Gasteiger partial charge in [0.25, 0.3) is 5.91 Å². The monoisotopic (exact) mass is 259 g/mol. The van der Waals surface area contributed by atoms with E-state index in [0.717, 1.165) is 37.4 Å². The van der Waals surface area contributed by atoms with E-state index in [1.54, 1.807) is 4.52 Å². The van der Waals surface area contributed by atoms with Crippen molar-refractivity contribution in [1.82, 2.24) is 14.5 Å². The molecule has 0 unspecified atom stereocenters. The number of nitrogens with two attached hydrogens (primary N) is 1. The van der Waals surface area contributed by atoms with Gasteiger partial charge in [-0.2, -0.15) is 5.10 Å². The third-order valence-corrected chi connectivity index (χ3v) is 3.64. The molecule has 2 aromatic rings. The number of piperazine rings is 1. The summed E-state index contributed by atoms with van der Waals surface area (Å²) in [5.74, 6) is -0.439. The molecule has 100 valence electrons. The standard InChI is InChI=1S/C13H17N5O/c1-16-4-6-17(7-5-16)10-2-3-18-12(8-10)11(9-15-18)13(14)19/h2-3,8-9H,4-7H2,1H3,(H2,14,19). The summed E-state index contributed by atoms with van der Waals surface area (Å²) in [6, 6.07) is 4.01. The van der Waals surface area contributed by atoms with Gasteiger partial charge >= 0.3 is 0 Å². The summed E-state index contributed by atoms with van der Waals surface area (Å²) in [4.78, 5) is 16.0. The van der Waals surface area contributed by atoms with Crippen molar-refractivity contribution in [2.45, 2.75) is 0 Å². The number of hydrogen-bond donors (Lipinski definition) is 1. The highest BCUT2D eigenvalue weighted by Crippen LogP contribution is 2.20. The van der Waals surface area contributed by atoms with Gasteiger partial charge in [0.1, 0.15) is 0 Å². The summed E-state index contributed by atoms with van der Waals surface area (Å²) in [7, 11) is 2.13. The average Bonchev–Trinajstić information content (AvgIpc) is 2.82. The van der Waals surface area contributed by atoms with Gasteiger partial charge < -0.3 is 15.5 Å². The Bertz CT molecular complexity index is 613. The van der Waals surface area contributed by atoms with Crippen molar-refractivity contribution in [1.29, 1.82) is 0 Å². The maximum absolute atomic E-state index is 11.4. The third-order valence-electron chi connectivity index (χ3n) is 3.64. The van der Waals surface area contributed by atoms with E-state index < -0.39 is 5.91 Å². The lowest BCUT2D eigenvalue weighted by molar-refractivity contribution is 0.100. The summed E-state index contributed by atoms with van der Waals surface area (Å²) in [6.45, 7) is 4.08. The number of hydrogen-bond acceptors (Lipinski definition) is 4. The maximum atomic E-state index is 11.4. The van der Waals surface area contributed by atoms with Crippen LogP contribution in [0, 0.1) is 0 Å². The predicted molar refractivity (Wildman–Crippen MR) is 73.4 cm³/mol. The Kier molecular flexibility index (Phi) is 2.87. The topological polar surface area (TPSA) is 66.9 Å². The molecular weight excluding hydrogens is 242 g/mol. The van der Waals surface area contributed by atoms with Crippen molar-refractivity contribution in [3.8, 4) is 0 Å². The molecule has 0 aliphatic carbocycles. The van der Waals surface area contributed by atoms with Crippen molar-refractivity contribution in [2.75, 3.05) is 38.1 Å². The van der Waals surface area contributed by atoms with Gasteiger partial charge in [-0.1, -0.05) is 0 Å². The second kappa shape index (κ2) is 4.55. The summed E-state index contributed by atoms with van der Waals surface area (Å²) < 4.78 is 1.68. The number of fused-ring (bicyclic) bond motifs is 1. The van der Waals surface area contributed by atoms with Gasteiger partial charge in [-0.25, -0.2) is 4.52 Å². The second-order valence-electron chi connectivity index (χ2n) is 4.93. The fourth-order valence-corrected chi connectivity index (χ4v) is 2.42. The number of primary amides is 1. The van der Waals surface area contributed by atoms with Gasteiger partial charge in [0.15, 0.2) is 0 Å². The Labute approximate surface area is 111 Å². The molecule has 0 atom stereocenters. The zero-order valence-electron chi connectivity index (χ0n) is 10.9. The Hall–Kier alpha value is -2.08. The minimum absolute atomic E-state index is 0.439. The van der Waals surface area contributed by atoms with Gasteiger partial charge in [0, 0.05) is 38.1 Å². The Balaban J connectivity index is 1.96. The highest BCUT2D eigenvalue weighted by atomic mass is 16.1. The number of nitrogens with zero attached hydrogens (tertiary/aromatic N) is 4. The van der Waals surface area contributed by atoms with Crippen molar-refractivity contribution >= 4 is 17.1 Å². The number of likely N-dealkylation sites (N-methyl/N-ethyl adjacent to an activating group) is 1. The first kappa shape index (κ1) is 12.0. The smallest absolute Gasteiger partial charge is 0.252 e. The van der Waals surface area contributed by atoms with E-state index in [1.807, 2.05) is 18.3 Å². The average molecular weight is 259 g/mol. The Morgan fingerprint density at radius 1 is 1.32 bits per heavy atom. The lowest BCUT2D eigenvalue weighted by Gasteiger charge is -2.34. The van der Waals surface area contributed by atoms with Crippen LogP contribution in [0.25, 0.3) is 5.52 Å². The summed E-state index contributed by atoms with van der Waals surface area (Å²) in [6.07, 6.45) is 3.39. The van der Waals surface area contributed by atoms with E-state index in [-0.39, 0.29) is 0 Å². The first-order valence-corrected chi connectivity index (χ1v) is 6.36. The van der Waals surface area contributed by atoms with E-state index in [1.165, 1.54) is 6.20 Å². The number of rotatable bonds is 2. The number of amides is 1. The van der Waals surface area contributed by atoms with Crippen LogP contribution in [0.1, 0.15) is 10.4 Å². The maximum Gasteiger partial charge on any atom is 0.252 e. The van der Waals surface area contributed by atoms with Gasteiger partial charge in [0.2, 0.25) is 0 Å². The molecule has 1 aliphatic rings. The van der Waals surface area contributed by atoms with E-state index in [2.05, 4.69) is 21.9 Å². The number of aromatic nitrogens is 2. The molecule has 0 saturated carbocycles. The van der Waals surface area contributed by atoms with Crippen LogP contribution >= 0.6 is 0 Å². The molecule has 19 heavy (non-hydrogen) atoms. The quantitative estimate of drug-likeness (QED) is 0.835. The first-order valence-electron chi connectivity index (χ1n) is 6.36. The number of carbonyl (C=O) groups excluding carboxylic acids is 1. The fraction of sp³-hybridized carbons (Fsp3) is 0.385. The van der Waals surface area contributed by atoms with Gasteiger partial charge in [-0.3, -0.25) is 4.79 Å². The van der Waals surface area contributed by atoms with Crippen molar-refractivity contribution in [3.63, 3.8) is 0 Å². The largest absolute Gasteiger partial charge is 0.369 e. The fourth-order valence-electron chi connectivity index (χ4n) is 2.42. The summed E-state index contributed by atoms with van der Waals surface area (Å²) >= 11 is 0. The molecule has 6 nitrogen and oxygen atoms in total. The van der Waals surface area contributed by atoms with Crippen molar-refractivity contribution in [2.24, 2.45) is 5.73 Å². The van der Waals surface area contributed by atoms with Crippen LogP contribution in [0.15, 0.2) is 24.5 Å². The summed E-state index contributed by atoms with van der Waals surface area (Å²) in [5.41, 5.74) is 7.71. The second-order valence-corrected chi connectivity index (χ2v) is 4.93. The minimum atomic E-state index is -0.439. The molecule has 0 aromatic carbocycles. The lowest BCUT2D eigenvalue weighted by atomic mass is 10.2. The first-order chi connectivity index (χ1) is 9.15. The molecule has 1 aliphatic heterocycles. The predicted octanol–water partition coefficient (Wildman–Crippen LogP) is 0.185. The molecule has 6 heteroatoms. The van der Waals surface area contributed by atoms with Gasteiger partial charge in [0.05, 0.1) is 17.3 Å². The minimum Gasteiger partial charge on any atom is -0.369 e. The van der Waals surface area contributed by atoms with Crippen LogP contribution in [0.5, 0.6) is 0 Å². The van der Waals surface area contributed by atoms with Gasteiger partial charge in [-0.05, 0) is 19.2 Å². The molecule has 0 radical (unpaired) electrons. The normalized spacial score (nSPS) is 17.0. The third kappa shape index (κ3) is 2.15. The van der Waals surface area contributed by atoms with E-state index in [0.29, 0.717) is 5.56 Å². The molecule has 0 bridgehead atoms. The van der Waals surface area contributed by atoms with Crippen LogP contribution in [-0.4, -0.2) is 53.6 Å². The highest BCUT2D eigenvalue weighted by Gasteiger charge is 2.16. The Morgan fingerprint density at radius 2 is 2.05 bits per heavy atom. The van der Waals surface area contributed by atoms with Crippen molar-refractivity contribution < 1.29 is 4.79 Å². The van der Waals surface area contributed by atoms with E-state index >= 15 is 0 Å². The van der Waals surface area contributed by atoms with Gasteiger partial charge in [-0.15, -0.1) is 0 Å². The Morgan fingerprint density at radius 3 is 2.74 bits per heavy atom. The molecule has 1 fully saturated rings. The van der Waals surface area contributed by atoms with Crippen LogP contribution in [0.4, 0.5) is 5.69 Å². The molecule has 1 saturated heterocycles. The molecule has 3 rings (SSSR count). The van der Waals surface area contributed by atoms with E-state index in [4.69, 9.17) is 5.73 Å². The molecule has 0 spiro atoms. The van der Waals surface area contributed by atoms with Crippen LogP contribution in [0.3, 0.4) is 0 Å². The van der Waals surface area contributed by atoms with E-state index in [9.17, 15) is 4.79 Å². The molecule has 1 amide bonds. The number of carbonyl (C=O) groups is 1. The SMILES string of the molecule is CN1CCN(c2ccn3ncc(C(N)=O)c3c2)CC1. The molecule has 2 aromatic heterocycles. The highest BCUT2D eigenvalue weighted by molar-refractivity contribution is 5.99. The van der Waals surface area contributed by atoms with Crippen LogP contribution in [0.2, 0.25) is 0 Å². The molecule has 3 heterocycles. The number of anilines is 1. The lowest BCUT2D eigenvalue weighted by Crippen LogP contribution is -2.44. The number of pyridine rings is 1.